The van der Waals surface area contributed by atoms with E-state index in [1.54, 1.807) is 0 Å². The molecule has 98 valence electrons. The molecule has 1 aromatic carbocycles. The summed E-state index contributed by atoms with van der Waals surface area (Å²) >= 11 is 2.83. The van der Waals surface area contributed by atoms with Gasteiger partial charge in [-0.25, -0.2) is 4.39 Å². The first kappa shape index (κ1) is 14.9. The Balaban J connectivity index is 3.14. The molecule has 0 spiro atoms. The predicted molar refractivity (Wildman–Crippen MR) is 58.6 cm³/mol. The minimum Gasteiger partial charge on any atom is -0.423 e. The van der Waals surface area contributed by atoms with Crippen LogP contribution in [-0.2, 0) is 4.79 Å². The van der Waals surface area contributed by atoms with Crippen LogP contribution >= 0.6 is 15.9 Å². The maximum atomic E-state index is 13.5. The van der Waals surface area contributed by atoms with Crippen molar-refractivity contribution in [1.82, 2.24) is 0 Å². The zero-order valence-corrected chi connectivity index (χ0v) is 10.0. The highest BCUT2D eigenvalue weighted by molar-refractivity contribution is 9.10. The first-order valence-corrected chi connectivity index (χ1v) is 5.15. The fourth-order valence-corrected chi connectivity index (χ4v) is 1.56. The molecule has 1 aromatic rings. The van der Waals surface area contributed by atoms with Crippen LogP contribution in [0, 0.1) is 5.82 Å². The Hall–Kier alpha value is -1.13. The third kappa shape index (κ3) is 3.43. The molecule has 0 atom stereocenters. The molecule has 0 aliphatic rings. The van der Waals surface area contributed by atoms with Gasteiger partial charge in [-0.3, -0.25) is 4.79 Å². The number of hydrogen-bond donors (Lipinski definition) is 3. The van der Waals surface area contributed by atoms with Gasteiger partial charge in [-0.2, -0.15) is 13.2 Å². The molecule has 1 rings (SSSR count). The summed E-state index contributed by atoms with van der Waals surface area (Å²) in [6.45, 7) is 0. The SMILES string of the molecule is O=C(Nc1cc(Br)cc(B(O)O)c1F)C(F)(F)F. The summed E-state index contributed by atoms with van der Waals surface area (Å²) in [7, 11) is -2.22. The van der Waals surface area contributed by atoms with Crippen LogP contribution in [0.4, 0.5) is 23.2 Å². The van der Waals surface area contributed by atoms with Crippen molar-refractivity contribution in [2.24, 2.45) is 0 Å². The van der Waals surface area contributed by atoms with E-state index >= 15 is 0 Å². The van der Waals surface area contributed by atoms with E-state index in [1.807, 2.05) is 0 Å². The highest BCUT2D eigenvalue weighted by atomic mass is 79.9. The fraction of sp³-hybridized carbons (Fsp3) is 0.125. The molecule has 0 aliphatic heterocycles. The van der Waals surface area contributed by atoms with E-state index in [9.17, 15) is 22.4 Å². The second-order valence-electron chi connectivity index (χ2n) is 3.18. The van der Waals surface area contributed by atoms with E-state index < -0.39 is 36.2 Å². The van der Waals surface area contributed by atoms with E-state index in [4.69, 9.17) is 10.0 Å². The van der Waals surface area contributed by atoms with Crippen molar-refractivity contribution in [3.05, 3.63) is 22.4 Å². The van der Waals surface area contributed by atoms with E-state index in [0.29, 0.717) is 0 Å². The van der Waals surface area contributed by atoms with Crippen LogP contribution in [0.15, 0.2) is 16.6 Å². The predicted octanol–water partition coefficient (Wildman–Crippen LogP) is 0.769. The Kier molecular flexibility index (Phi) is 4.35. The summed E-state index contributed by atoms with van der Waals surface area (Å²) in [4.78, 5) is 10.6. The van der Waals surface area contributed by atoms with Crippen LogP contribution in [0.5, 0.6) is 0 Å². The first-order chi connectivity index (χ1) is 8.12. The molecule has 0 saturated heterocycles. The Morgan fingerprint density at radius 1 is 1.33 bits per heavy atom. The molecular weight excluding hydrogens is 325 g/mol. The lowest BCUT2D eigenvalue weighted by Gasteiger charge is -2.11. The van der Waals surface area contributed by atoms with Gasteiger partial charge < -0.3 is 15.4 Å². The average molecular weight is 330 g/mol. The molecule has 0 heterocycles. The van der Waals surface area contributed by atoms with Crippen molar-refractivity contribution >= 4 is 40.1 Å². The second-order valence-corrected chi connectivity index (χ2v) is 4.10. The Bertz CT molecular complexity index is 480. The highest BCUT2D eigenvalue weighted by Gasteiger charge is 2.39. The number of carbonyl (C=O) groups excluding carboxylic acids is 1. The molecular formula is C8H5BBrF4NO3. The van der Waals surface area contributed by atoms with Crippen LogP contribution in [-0.4, -0.2) is 29.2 Å². The van der Waals surface area contributed by atoms with Crippen LogP contribution in [0.3, 0.4) is 0 Å². The number of benzene rings is 1. The van der Waals surface area contributed by atoms with E-state index in [-0.39, 0.29) is 4.47 Å². The normalized spacial score (nSPS) is 11.3. The molecule has 0 aromatic heterocycles. The smallest absolute Gasteiger partial charge is 0.423 e. The lowest BCUT2D eigenvalue weighted by molar-refractivity contribution is -0.167. The molecule has 18 heavy (non-hydrogen) atoms. The number of carbonyl (C=O) groups is 1. The van der Waals surface area contributed by atoms with Crippen molar-refractivity contribution in [3.8, 4) is 0 Å². The molecule has 0 aliphatic carbocycles. The summed E-state index contributed by atoms with van der Waals surface area (Å²) in [5.41, 5.74) is -1.48. The van der Waals surface area contributed by atoms with Crippen molar-refractivity contribution in [2.45, 2.75) is 6.18 Å². The van der Waals surface area contributed by atoms with Gasteiger partial charge in [-0.05, 0) is 12.1 Å². The summed E-state index contributed by atoms with van der Waals surface area (Å²) in [6, 6.07) is 1.83. The Morgan fingerprint density at radius 2 is 1.89 bits per heavy atom. The first-order valence-electron chi connectivity index (χ1n) is 4.36. The molecule has 0 saturated carbocycles. The average Bonchev–Trinajstić information content (AvgIpc) is 2.21. The number of alkyl halides is 3. The highest BCUT2D eigenvalue weighted by Crippen LogP contribution is 2.22. The maximum absolute atomic E-state index is 13.5. The van der Waals surface area contributed by atoms with E-state index in [0.717, 1.165) is 12.1 Å². The van der Waals surface area contributed by atoms with Crippen LogP contribution < -0.4 is 10.8 Å². The zero-order valence-electron chi connectivity index (χ0n) is 8.42. The van der Waals surface area contributed by atoms with Gasteiger partial charge in [0.2, 0.25) is 0 Å². The van der Waals surface area contributed by atoms with Gasteiger partial charge >= 0.3 is 19.2 Å². The quantitative estimate of drug-likeness (QED) is 0.554. The third-order valence-corrected chi connectivity index (χ3v) is 2.31. The van der Waals surface area contributed by atoms with Gasteiger partial charge in [0.25, 0.3) is 0 Å². The topological polar surface area (TPSA) is 69.6 Å². The molecule has 1 amide bonds. The number of anilines is 1. The van der Waals surface area contributed by atoms with Crippen LogP contribution in [0.1, 0.15) is 0 Å². The number of halogens is 5. The second kappa shape index (κ2) is 5.25. The summed E-state index contributed by atoms with van der Waals surface area (Å²) in [5, 5.41) is 18.9. The van der Waals surface area contributed by atoms with Crippen molar-refractivity contribution in [1.29, 1.82) is 0 Å². The van der Waals surface area contributed by atoms with Gasteiger partial charge in [-0.1, -0.05) is 15.9 Å². The molecule has 0 unspecified atom stereocenters. The molecule has 4 nitrogen and oxygen atoms in total. The van der Waals surface area contributed by atoms with Gasteiger partial charge in [0, 0.05) is 9.94 Å². The summed E-state index contributed by atoms with van der Waals surface area (Å²) in [5.74, 6) is -3.72. The van der Waals surface area contributed by atoms with Gasteiger partial charge in [0.1, 0.15) is 5.82 Å². The van der Waals surface area contributed by atoms with E-state index in [2.05, 4.69) is 15.9 Å². The minimum atomic E-state index is -5.17. The molecule has 0 bridgehead atoms. The van der Waals surface area contributed by atoms with Gasteiger partial charge in [0.15, 0.2) is 0 Å². The maximum Gasteiger partial charge on any atom is 0.491 e. The largest absolute Gasteiger partial charge is 0.491 e. The third-order valence-electron chi connectivity index (χ3n) is 1.85. The molecule has 0 radical (unpaired) electrons. The standard InChI is InChI=1S/C8H5BBrF4NO3/c10-3-1-4(9(17)18)6(11)5(2-3)15-7(16)8(12,13)14/h1-2,17-18H,(H,15,16). The van der Waals surface area contributed by atoms with Gasteiger partial charge in [0.05, 0.1) is 5.69 Å². The molecule has 10 heteroatoms. The molecule has 0 fully saturated rings. The molecule has 3 N–H and O–H groups in total. The van der Waals surface area contributed by atoms with Crippen molar-refractivity contribution in [3.63, 3.8) is 0 Å². The number of hydrogen-bond acceptors (Lipinski definition) is 3. The summed E-state index contributed by atoms with van der Waals surface area (Å²) in [6.07, 6.45) is -5.17. The Morgan fingerprint density at radius 3 is 2.33 bits per heavy atom. The van der Waals surface area contributed by atoms with Crippen molar-refractivity contribution < 1.29 is 32.4 Å². The lowest BCUT2D eigenvalue weighted by Crippen LogP contribution is -2.35. The number of amides is 1. The minimum absolute atomic E-state index is 0.0736. The number of nitrogens with one attached hydrogen (secondary N) is 1. The zero-order chi connectivity index (χ0) is 14.1. The Labute approximate surface area is 107 Å². The summed E-state index contributed by atoms with van der Waals surface area (Å²) < 4.78 is 49.5. The number of rotatable bonds is 2. The van der Waals surface area contributed by atoms with Crippen LogP contribution in [0.25, 0.3) is 0 Å². The monoisotopic (exact) mass is 329 g/mol. The fourth-order valence-electron chi connectivity index (χ4n) is 1.08. The van der Waals surface area contributed by atoms with Crippen LogP contribution in [0.2, 0.25) is 0 Å². The van der Waals surface area contributed by atoms with E-state index in [1.165, 1.54) is 5.32 Å². The van der Waals surface area contributed by atoms with Crippen molar-refractivity contribution in [2.75, 3.05) is 5.32 Å². The lowest BCUT2D eigenvalue weighted by atomic mass is 9.79. The van der Waals surface area contributed by atoms with Gasteiger partial charge in [-0.15, -0.1) is 0 Å².